The maximum absolute atomic E-state index is 14.3. The summed E-state index contributed by atoms with van der Waals surface area (Å²) in [5.74, 6) is 0.993. The predicted molar refractivity (Wildman–Crippen MR) is 206 cm³/mol. The number of hydrogen-bond acceptors (Lipinski definition) is 8. The van der Waals surface area contributed by atoms with Gasteiger partial charge in [-0.05, 0) is 80.0 Å². The number of rotatable bonds is 11. The van der Waals surface area contributed by atoms with Crippen molar-refractivity contribution in [3.63, 3.8) is 0 Å². The van der Waals surface area contributed by atoms with E-state index in [0.29, 0.717) is 6.42 Å². The number of nitrogens with one attached hydrogen (secondary N) is 1. The SMILES string of the molecule is Cc1ncsc1-c1ccc([C@H](C)NC(=O)[C@@H]2C[C@@H](O)CN2C(=O)[C@@H](n2cc(CCc3ccc(Oc4cccc(Br)c4C)cc3)nn2)C(C)(C)C)cc1. The first-order chi connectivity index (χ1) is 24.8. The van der Waals surface area contributed by atoms with Crippen molar-refractivity contribution in [2.75, 3.05) is 6.54 Å². The maximum atomic E-state index is 14.3. The molecule has 1 fully saturated rings. The van der Waals surface area contributed by atoms with E-state index < -0.39 is 23.6 Å². The number of aliphatic hydroxyl groups excluding tert-OH is 1. The lowest BCUT2D eigenvalue weighted by Crippen LogP contribution is -2.50. The molecule has 0 aliphatic carbocycles. The van der Waals surface area contributed by atoms with Gasteiger partial charge in [0.25, 0.3) is 0 Å². The van der Waals surface area contributed by atoms with E-state index in [1.165, 1.54) is 4.90 Å². The van der Waals surface area contributed by atoms with E-state index in [1.54, 1.807) is 16.0 Å². The molecule has 1 saturated heterocycles. The number of likely N-dealkylation sites (tertiary alicyclic amines) is 1. The van der Waals surface area contributed by atoms with Crippen molar-refractivity contribution in [3.8, 4) is 21.9 Å². The molecule has 2 N–H and O–H groups in total. The van der Waals surface area contributed by atoms with Crippen molar-refractivity contribution in [2.45, 2.75) is 85.0 Å². The van der Waals surface area contributed by atoms with Crippen LogP contribution in [-0.4, -0.2) is 60.5 Å². The summed E-state index contributed by atoms with van der Waals surface area (Å²) in [6.45, 7) is 11.9. The fourth-order valence-corrected chi connectivity index (χ4v) is 7.77. The summed E-state index contributed by atoms with van der Waals surface area (Å²) in [6, 6.07) is 20.1. The van der Waals surface area contributed by atoms with E-state index in [-0.39, 0.29) is 30.8 Å². The Labute approximate surface area is 317 Å². The van der Waals surface area contributed by atoms with Crippen molar-refractivity contribution in [2.24, 2.45) is 5.41 Å². The number of aromatic nitrogens is 4. The molecule has 0 radical (unpaired) electrons. The maximum Gasteiger partial charge on any atom is 0.248 e. The number of carbonyl (C=O) groups is 2. The highest BCUT2D eigenvalue weighted by Gasteiger charge is 2.45. The Morgan fingerprint density at radius 1 is 1.06 bits per heavy atom. The van der Waals surface area contributed by atoms with Crippen LogP contribution < -0.4 is 10.1 Å². The smallest absolute Gasteiger partial charge is 0.248 e. The summed E-state index contributed by atoms with van der Waals surface area (Å²) in [7, 11) is 0. The van der Waals surface area contributed by atoms with Gasteiger partial charge in [0.1, 0.15) is 23.6 Å². The number of β-amino-alcohol motifs (C(OH)–C–C–N with tert-alkyl or cyclic N) is 1. The van der Waals surface area contributed by atoms with Crippen LogP contribution in [0.5, 0.6) is 11.5 Å². The Hall–Kier alpha value is -4.39. The fourth-order valence-electron chi connectivity index (χ4n) is 6.61. The molecule has 3 aromatic carbocycles. The number of thiazole rings is 1. The van der Waals surface area contributed by atoms with Gasteiger partial charge in [0.05, 0.1) is 33.9 Å². The number of nitrogens with zero attached hydrogens (tertiary/aromatic N) is 5. The van der Waals surface area contributed by atoms with Gasteiger partial charge in [-0.3, -0.25) is 9.59 Å². The van der Waals surface area contributed by atoms with E-state index in [2.05, 4.69) is 36.5 Å². The molecule has 0 saturated carbocycles. The predicted octanol–water partition coefficient (Wildman–Crippen LogP) is 7.78. The second kappa shape index (κ2) is 15.7. The topological polar surface area (TPSA) is 122 Å². The number of aliphatic hydroxyl groups is 1. The quantitative estimate of drug-likeness (QED) is 0.140. The summed E-state index contributed by atoms with van der Waals surface area (Å²) < 4.78 is 8.70. The minimum atomic E-state index is -0.809. The fraction of sp³-hybridized carbons (Fsp3) is 0.375. The normalized spacial score (nSPS) is 17.2. The summed E-state index contributed by atoms with van der Waals surface area (Å²) in [5, 5.41) is 22.6. The van der Waals surface area contributed by atoms with Crippen LogP contribution in [-0.2, 0) is 22.4 Å². The van der Waals surface area contributed by atoms with Crippen molar-refractivity contribution < 1.29 is 19.4 Å². The van der Waals surface area contributed by atoms with Gasteiger partial charge < -0.3 is 20.1 Å². The largest absolute Gasteiger partial charge is 0.457 e. The Balaban J connectivity index is 1.10. The molecule has 1 aliphatic rings. The van der Waals surface area contributed by atoms with E-state index in [4.69, 9.17) is 4.74 Å². The zero-order chi connectivity index (χ0) is 37.2. The average Bonchev–Trinajstić information content (AvgIpc) is 3.86. The lowest BCUT2D eigenvalue weighted by Gasteiger charge is -2.34. The zero-order valence-electron chi connectivity index (χ0n) is 30.3. The van der Waals surface area contributed by atoms with Crippen LogP contribution in [0.1, 0.15) is 74.3 Å². The molecule has 5 aromatic rings. The van der Waals surface area contributed by atoms with Gasteiger partial charge in [0.2, 0.25) is 11.8 Å². The number of ether oxygens (including phenoxy) is 1. The first kappa shape index (κ1) is 37.4. The molecule has 52 heavy (non-hydrogen) atoms. The van der Waals surface area contributed by atoms with Crippen molar-refractivity contribution in [3.05, 3.63) is 111 Å². The number of halogens is 1. The highest BCUT2D eigenvalue weighted by molar-refractivity contribution is 9.10. The lowest BCUT2D eigenvalue weighted by molar-refractivity contribution is -0.144. The highest BCUT2D eigenvalue weighted by Crippen LogP contribution is 2.35. The van der Waals surface area contributed by atoms with E-state index in [1.807, 2.05) is 120 Å². The van der Waals surface area contributed by atoms with Crippen LogP contribution in [0.4, 0.5) is 0 Å². The molecule has 4 atom stereocenters. The molecular weight excluding hydrogens is 740 g/mol. The molecule has 12 heteroatoms. The number of carbonyl (C=O) groups excluding carboxylic acids is 2. The highest BCUT2D eigenvalue weighted by atomic mass is 79.9. The van der Waals surface area contributed by atoms with E-state index >= 15 is 0 Å². The van der Waals surface area contributed by atoms with Crippen molar-refractivity contribution in [1.82, 2.24) is 30.2 Å². The molecule has 272 valence electrons. The molecule has 6 rings (SSSR count). The van der Waals surface area contributed by atoms with Gasteiger partial charge >= 0.3 is 0 Å². The third-order valence-electron chi connectivity index (χ3n) is 9.56. The molecule has 2 aromatic heterocycles. The third kappa shape index (κ3) is 8.46. The van der Waals surface area contributed by atoms with Crippen molar-refractivity contribution >= 4 is 39.1 Å². The molecular formula is C40H45BrN6O4S. The van der Waals surface area contributed by atoms with Crippen molar-refractivity contribution in [1.29, 1.82) is 0 Å². The summed E-state index contributed by atoms with van der Waals surface area (Å²) >= 11 is 5.15. The first-order valence-electron chi connectivity index (χ1n) is 17.5. The molecule has 0 unspecified atom stereocenters. The van der Waals surface area contributed by atoms with Crippen LogP contribution >= 0.6 is 27.3 Å². The molecule has 1 aliphatic heterocycles. The summed E-state index contributed by atoms with van der Waals surface area (Å²) in [4.78, 5) is 35.0. The molecule has 0 bridgehead atoms. The second-order valence-corrected chi connectivity index (χ2v) is 16.3. The van der Waals surface area contributed by atoms with Crippen LogP contribution in [0.2, 0.25) is 0 Å². The van der Waals surface area contributed by atoms with Gasteiger partial charge in [-0.1, -0.05) is 84.4 Å². The Morgan fingerprint density at radius 2 is 1.79 bits per heavy atom. The number of hydrogen-bond donors (Lipinski definition) is 2. The van der Waals surface area contributed by atoms with E-state index in [9.17, 15) is 14.7 Å². The van der Waals surface area contributed by atoms with Gasteiger partial charge in [-0.15, -0.1) is 16.4 Å². The number of amides is 2. The zero-order valence-corrected chi connectivity index (χ0v) is 32.7. The first-order valence-corrected chi connectivity index (χ1v) is 19.2. The van der Waals surface area contributed by atoms with Crippen LogP contribution in [0, 0.1) is 19.3 Å². The van der Waals surface area contributed by atoms with Gasteiger partial charge in [0, 0.05) is 29.2 Å². The Morgan fingerprint density at radius 3 is 2.46 bits per heavy atom. The summed E-state index contributed by atoms with van der Waals surface area (Å²) in [5.41, 5.74) is 7.21. The minimum Gasteiger partial charge on any atom is -0.457 e. The lowest BCUT2D eigenvalue weighted by atomic mass is 9.85. The minimum absolute atomic E-state index is 0.0726. The van der Waals surface area contributed by atoms with E-state index in [0.717, 1.165) is 60.9 Å². The monoisotopic (exact) mass is 784 g/mol. The molecule has 3 heterocycles. The number of benzene rings is 3. The second-order valence-electron chi connectivity index (χ2n) is 14.6. The number of aryl methyl sites for hydroxylation is 3. The van der Waals surface area contributed by atoms with Crippen LogP contribution in [0.3, 0.4) is 0 Å². The van der Waals surface area contributed by atoms with Crippen LogP contribution in [0.15, 0.2) is 82.9 Å². The standard InChI is InChI=1S/C40H45BrN6O4S/c1-24-33(41)8-7-9-35(24)51-32-18-11-27(12-19-32)10-17-30-21-47(45-44-30)37(40(4,5)6)39(50)46-22-31(48)20-34(46)38(49)43-25(2)28-13-15-29(16-14-28)36-26(3)42-23-52-36/h7-9,11-16,18-19,21,23,25,31,34,37,48H,10,17,20,22H2,1-6H3,(H,43,49)/t25-,31+,34-,37+/m0/s1. The average molecular weight is 786 g/mol. The molecule has 10 nitrogen and oxygen atoms in total. The molecule has 2 amide bonds. The molecule has 0 spiro atoms. The third-order valence-corrected chi connectivity index (χ3v) is 11.4. The Bertz CT molecular complexity index is 2020. The summed E-state index contributed by atoms with van der Waals surface area (Å²) in [6.07, 6.45) is 2.54. The van der Waals surface area contributed by atoms with Crippen LogP contribution in [0.25, 0.3) is 10.4 Å². The van der Waals surface area contributed by atoms with Gasteiger partial charge in [0.15, 0.2) is 0 Å². The van der Waals surface area contributed by atoms with Gasteiger partial charge in [-0.2, -0.15) is 0 Å². The van der Waals surface area contributed by atoms with Gasteiger partial charge in [-0.25, -0.2) is 9.67 Å². The Kier molecular flexibility index (Phi) is 11.3.